The zero-order valence-corrected chi connectivity index (χ0v) is 15.0. The van der Waals surface area contributed by atoms with E-state index in [1.165, 1.54) is 11.1 Å². The molecule has 3 rings (SSSR count). The molecule has 0 saturated carbocycles. The van der Waals surface area contributed by atoms with Gasteiger partial charge in [-0.1, -0.05) is 30.3 Å². The molecule has 0 bridgehead atoms. The van der Waals surface area contributed by atoms with E-state index in [-0.39, 0.29) is 11.8 Å². The third kappa shape index (κ3) is 4.60. The van der Waals surface area contributed by atoms with Gasteiger partial charge in [0, 0.05) is 24.2 Å². The number of methoxy groups -OCH3 is 1. The molecule has 0 aliphatic carbocycles. The summed E-state index contributed by atoms with van der Waals surface area (Å²) in [5.74, 6) is 0.953. The van der Waals surface area contributed by atoms with E-state index < -0.39 is 0 Å². The van der Waals surface area contributed by atoms with Crippen molar-refractivity contribution in [2.24, 2.45) is 5.92 Å². The molecule has 1 heterocycles. The number of anilines is 1. The first kappa shape index (κ1) is 17.5. The fourth-order valence-electron chi connectivity index (χ4n) is 3.33. The highest BCUT2D eigenvalue weighted by Gasteiger charge is 2.25. The molecule has 0 unspecified atom stereocenters. The second kappa shape index (κ2) is 8.17. The fourth-order valence-corrected chi connectivity index (χ4v) is 3.33. The van der Waals surface area contributed by atoms with Crippen LogP contribution in [0.15, 0.2) is 48.5 Å². The van der Waals surface area contributed by atoms with Crippen LogP contribution in [0, 0.1) is 12.8 Å². The molecule has 1 aliphatic rings. The maximum atomic E-state index is 12.5. The summed E-state index contributed by atoms with van der Waals surface area (Å²) in [6.45, 7) is 5.05. The molecule has 1 amide bonds. The van der Waals surface area contributed by atoms with Gasteiger partial charge in [-0.25, -0.2) is 0 Å². The van der Waals surface area contributed by atoms with Crippen LogP contribution in [-0.2, 0) is 11.3 Å². The van der Waals surface area contributed by atoms with Crippen molar-refractivity contribution in [3.63, 3.8) is 0 Å². The molecule has 0 atom stereocenters. The number of hydrogen-bond acceptors (Lipinski definition) is 3. The van der Waals surface area contributed by atoms with Crippen LogP contribution in [0.4, 0.5) is 5.69 Å². The zero-order chi connectivity index (χ0) is 17.6. The Labute approximate surface area is 149 Å². The molecule has 2 aromatic rings. The molecule has 132 valence electrons. The van der Waals surface area contributed by atoms with Gasteiger partial charge in [-0.3, -0.25) is 9.69 Å². The number of aryl methyl sites for hydroxylation is 1. The van der Waals surface area contributed by atoms with Crippen molar-refractivity contribution < 1.29 is 9.53 Å². The van der Waals surface area contributed by atoms with Crippen molar-refractivity contribution in [2.75, 3.05) is 25.5 Å². The fraction of sp³-hybridized carbons (Fsp3) is 0.381. The molecule has 0 radical (unpaired) electrons. The van der Waals surface area contributed by atoms with Crippen molar-refractivity contribution in [3.8, 4) is 5.75 Å². The van der Waals surface area contributed by atoms with Gasteiger partial charge >= 0.3 is 0 Å². The van der Waals surface area contributed by atoms with Crippen LogP contribution in [0.3, 0.4) is 0 Å². The van der Waals surface area contributed by atoms with Crippen LogP contribution in [-0.4, -0.2) is 31.0 Å². The highest BCUT2D eigenvalue weighted by Crippen LogP contribution is 2.23. The maximum Gasteiger partial charge on any atom is 0.227 e. The standard InChI is InChI=1S/C21H26N2O2/c1-16-6-3-4-7-18(16)15-23-12-10-17(11-13-23)21(24)22-19-8-5-9-20(14-19)25-2/h3-9,14,17H,10-13,15H2,1-2H3,(H,22,24). The topological polar surface area (TPSA) is 41.6 Å². The first-order chi connectivity index (χ1) is 12.2. The minimum Gasteiger partial charge on any atom is -0.497 e. The predicted molar refractivity (Wildman–Crippen MR) is 101 cm³/mol. The van der Waals surface area contributed by atoms with Crippen LogP contribution in [0.1, 0.15) is 24.0 Å². The smallest absolute Gasteiger partial charge is 0.227 e. The number of benzene rings is 2. The van der Waals surface area contributed by atoms with E-state index in [2.05, 4.69) is 41.4 Å². The number of nitrogens with zero attached hydrogens (tertiary/aromatic N) is 1. The first-order valence-corrected chi connectivity index (χ1v) is 8.87. The molecule has 25 heavy (non-hydrogen) atoms. The number of carbonyl (C=O) groups excluding carboxylic acids is 1. The third-order valence-electron chi connectivity index (χ3n) is 4.95. The van der Waals surface area contributed by atoms with Gasteiger partial charge in [0.25, 0.3) is 0 Å². The van der Waals surface area contributed by atoms with Crippen LogP contribution in [0.25, 0.3) is 0 Å². The van der Waals surface area contributed by atoms with Crippen molar-refractivity contribution in [1.29, 1.82) is 0 Å². The van der Waals surface area contributed by atoms with Crippen LogP contribution in [0.5, 0.6) is 5.75 Å². The zero-order valence-electron chi connectivity index (χ0n) is 15.0. The van der Waals surface area contributed by atoms with E-state index in [4.69, 9.17) is 4.74 Å². The van der Waals surface area contributed by atoms with E-state index in [0.29, 0.717) is 0 Å². The third-order valence-corrected chi connectivity index (χ3v) is 4.95. The highest BCUT2D eigenvalue weighted by molar-refractivity contribution is 5.92. The largest absolute Gasteiger partial charge is 0.497 e. The summed E-state index contributed by atoms with van der Waals surface area (Å²) in [5.41, 5.74) is 3.51. The molecule has 1 fully saturated rings. The monoisotopic (exact) mass is 338 g/mol. The van der Waals surface area contributed by atoms with E-state index in [9.17, 15) is 4.79 Å². The van der Waals surface area contributed by atoms with Gasteiger partial charge in [-0.05, 0) is 56.1 Å². The normalized spacial score (nSPS) is 15.8. The Balaban J connectivity index is 1.51. The summed E-state index contributed by atoms with van der Waals surface area (Å²) in [6, 6.07) is 16.0. The SMILES string of the molecule is COc1cccc(NC(=O)C2CCN(Cc3ccccc3C)CC2)c1. The summed E-state index contributed by atoms with van der Waals surface area (Å²) >= 11 is 0. The van der Waals surface area contributed by atoms with Crippen molar-refractivity contribution in [3.05, 3.63) is 59.7 Å². The summed E-state index contributed by atoms with van der Waals surface area (Å²) in [7, 11) is 1.63. The van der Waals surface area contributed by atoms with Crippen molar-refractivity contribution >= 4 is 11.6 Å². The lowest BCUT2D eigenvalue weighted by molar-refractivity contribution is -0.121. The lowest BCUT2D eigenvalue weighted by Gasteiger charge is -2.31. The van der Waals surface area contributed by atoms with Gasteiger partial charge in [-0.15, -0.1) is 0 Å². The Kier molecular flexibility index (Phi) is 5.71. The van der Waals surface area contributed by atoms with Crippen molar-refractivity contribution in [2.45, 2.75) is 26.3 Å². The van der Waals surface area contributed by atoms with E-state index in [0.717, 1.165) is 43.9 Å². The first-order valence-electron chi connectivity index (χ1n) is 8.87. The number of piperidine rings is 1. The predicted octanol–water partition coefficient (Wildman–Crippen LogP) is 3.85. The Hall–Kier alpha value is -2.33. The van der Waals surface area contributed by atoms with Crippen molar-refractivity contribution in [1.82, 2.24) is 4.90 Å². The second-order valence-electron chi connectivity index (χ2n) is 6.70. The Bertz CT molecular complexity index is 721. The maximum absolute atomic E-state index is 12.5. The molecule has 0 spiro atoms. The summed E-state index contributed by atoms with van der Waals surface area (Å²) < 4.78 is 5.20. The molecule has 4 nitrogen and oxygen atoms in total. The van der Waals surface area contributed by atoms with E-state index >= 15 is 0 Å². The molecule has 0 aromatic heterocycles. The van der Waals surface area contributed by atoms with E-state index in [1.807, 2.05) is 24.3 Å². The highest BCUT2D eigenvalue weighted by atomic mass is 16.5. The molecule has 2 aromatic carbocycles. The molecule has 1 aliphatic heterocycles. The Morgan fingerprint density at radius 2 is 1.92 bits per heavy atom. The average molecular weight is 338 g/mol. The second-order valence-corrected chi connectivity index (χ2v) is 6.70. The molecule has 4 heteroatoms. The number of likely N-dealkylation sites (tertiary alicyclic amines) is 1. The van der Waals surface area contributed by atoms with Crippen LogP contribution < -0.4 is 10.1 Å². The van der Waals surface area contributed by atoms with E-state index in [1.54, 1.807) is 7.11 Å². The number of amides is 1. The van der Waals surface area contributed by atoms with Gasteiger partial charge < -0.3 is 10.1 Å². The quantitative estimate of drug-likeness (QED) is 0.900. The van der Waals surface area contributed by atoms with Gasteiger partial charge in [0.1, 0.15) is 5.75 Å². The number of ether oxygens (including phenoxy) is 1. The van der Waals surface area contributed by atoms with Gasteiger partial charge in [0.15, 0.2) is 0 Å². The lowest BCUT2D eigenvalue weighted by Crippen LogP contribution is -2.37. The Morgan fingerprint density at radius 1 is 1.16 bits per heavy atom. The van der Waals surface area contributed by atoms with Crippen LogP contribution in [0.2, 0.25) is 0 Å². The molecule has 1 N–H and O–H groups in total. The molecular formula is C21H26N2O2. The number of rotatable bonds is 5. The van der Waals surface area contributed by atoms with Gasteiger partial charge in [-0.2, -0.15) is 0 Å². The minimum absolute atomic E-state index is 0.0827. The molecule has 1 saturated heterocycles. The summed E-state index contributed by atoms with van der Waals surface area (Å²) in [5, 5.41) is 3.02. The minimum atomic E-state index is 0.0827. The lowest BCUT2D eigenvalue weighted by atomic mass is 9.95. The Morgan fingerprint density at radius 3 is 2.64 bits per heavy atom. The number of hydrogen-bond donors (Lipinski definition) is 1. The average Bonchev–Trinajstić information content (AvgIpc) is 2.64. The molecular weight excluding hydrogens is 312 g/mol. The summed E-state index contributed by atoms with van der Waals surface area (Å²) in [4.78, 5) is 15.0. The van der Waals surface area contributed by atoms with Gasteiger partial charge in [0.2, 0.25) is 5.91 Å². The number of nitrogens with one attached hydrogen (secondary N) is 1. The summed E-state index contributed by atoms with van der Waals surface area (Å²) in [6.07, 6.45) is 1.81. The van der Waals surface area contributed by atoms with Crippen LogP contribution >= 0.6 is 0 Å². The van der Waals surface area contributed by atoms with Gasteiger partial charge in [0.05, 0.1) is 7.11 Å². The number of carbonyl (C=O) groups is 1.